The van der Waals surface area contributed by atoms with Crippen LogP contribution in [0.5, 0.6) is 0 Å². The summed E-state index contributed by atoms with van der Waals surface area (Å²) in [7, 11) is 0. The molecule has 1 spiro atoms. The summed E-state index contributed by atoms with van der Waals surface area (Å²) in [5, 5.41) is 2.20. The minimum absolute atomic E-state index is 0.153. The molecule has 0 bridgehead atoms. The summed E-state index contributed by atoms with van der Waals surface area (Å²) in [5.41, 5.74) is 4.73. The first kappa shape index (κ1) is 15.5. The Morgan fingerprint density at radius 2 is 2.24 bits per heavy atom. The molecule has 2 aliphatic rings. The van der Waals surface area contributed by atoms with Crippen molar-refractivity contribution in [3.8, 4) is 0 Å². The van der Waals surface area contributed by atoms with Gasteiger partial charge in [-0.1, -0.05) is 26.2 Å². The van der Waals surface area contributed by atoms with Crippen molar-refractivity contribution in [2.75, 3.05) is 6.61 Å². The molecular weight excluding hydrogens is 280 g/mol. The molecule has 1 aliphatic heterocycles. The molecule has 1 aliphatic carbocycles. The Labute approximate surface area is 132 Å². The van der Waals surface area contributed by atoms with Gasteiger partial charge in [0.15, 0.2) is 0 Å². The summed E-state index contributed by atoms with van der Waals surface area (Å²) < 4.78 is 6.24. The SMILES string of the molecule is CCc1ccsc1C(NN)C1CCOC2(CCCCC2)C1. The summed E-state index contributed by atoms with van der Waals surface area (Å²) in [6.45, 7) is 3.13. The average molecular weight is 308 g/mol. The Hall–Kier alpha value is -0.420. The Bertz CT molecular complexity index is 448. The van der Waals surface area contributed by atoms with Gasteiger partial charge in [0.1, 0.15) is 0 Å². The van der Waals surface area contributed by atoms with Gasteiger partial charge >= 0.3 is 0 Å². The molecule has 3 rings (SSSR count). The van der Waals surface area contributed by atoms with Crippen LogP contribution in [-0.2, 0) is 11.2 Å². The molecule has 2 heterocycles. The highest BCUT2D eigenvalue weighted by Crippen LogP contribution is 2.45. The van der Waals surface area contributed by atoms with Crippen LogP contribution in [0.15, 0.2) is 11.4 Å². The van der Waals surface area contributed by atoms with Crippen LogP contribution in [0, 0.1) is 5.92 Å². The van der Waals surface area contributed by atoms with Crippen molar-refractivity contribution in [1.82, 2.24) is 5.43 Å². The molecule has 2 unspecified atom stereocenters. The van der Waals surface area contributed by atoms with Gasteiger partial charge in [-0.05, 0) is 55.0 Å². The van der Waals surface area contributed by atoms with Crippen molar-refractivity contribution in [2.45, 2.75) is 69.9 Å². The highest BCUT2D eigenvalue weighted by Gasteiger charge is 2.41. The third-order valence-corrected chi connectivity index (χ3v) is 6.43. The summed E-state index contributed by atoms with van der Waals surface area (Å²) in [6, 6.07) is 2.54. The molecule has 1 aromatic heterocycles. The molecule has 2 fully saturated rings. The molecular formula is C17H28N2OS. The van der Waals surface area contributed by atoms with Crippen molar-refractivity contribution >= 4 is 11.3 Å². The zero-order valence-corrected chi connectivity index (χ0v) is 13.9. The largest absolute Gasteiger partial charge is 0.375 e. The van der Waals surface area contributed by atoms with E-state index in [9.17, 15) is 0 Å². The third-order valence-electron chi connectivity index (χ3n) is 5.39. The molecule has 2 atom stereocenters. The number of aryl methyl sites for hydroxylation is 1. The highest BCUT2D eigenvalue weighted by molar-refractivity contribution is 7.10. The highest BCUT2D eigenvalue weighted by atomic mass is 32.1. The van der Waals surface area contributed by atoms with Crippen molar-refractivity contribution in [1.29, 1.82) is 0 Å². The zero-order valence-electron chi connectivity index (χ0n) is 13.1. The van der Waals surface area contributed by atoms with Gasteiger partial charge in [0.2, 0.25) is 0 Å². The summed E-state index contributed by atoms with van der Waals surface area (Å²) >= 11 is 1.85. The van der Waals surface area contributed by atoms with E-state index in [0.29, 0.717) is 12.0 Å². The predicted molar refractivity (Wildman–Crippen MR) is 88.3 cm³/mol. The number of ether oxygens (including phenoxy) is 1. The Kier molecular flexibility index (Phi) is 4.99. The number of nitrogens with two attached hydrogens (primary N) is 1. The van der Waals surface area contributed by atoms with Gasteiger partial charge in [0, 0.05) is 11.5 Å². The quantitative estimate of drug-likeness (QED) is 0.654. The zero-order chi connectivity index (χ0) is 14.7. The van der Waals surface area contributed by atoms with Crippen LogP contribution in [0.3, 0.4) is 0 Å². The second kappa shape index (κ2) is 6.78. The van der Waals surface area contributed by atoms with Crippen LogP contribution in [0.2, 0.25) is 0 Å². The van der Waals surface area contributed by atoms with E-state index < -0.39 is 0 Å². The average Bonchev–Trinajstić information content (AvgIpc) is 2.97. The maximum absolute atomic E-state index is 6.24. The van der Waals surface area contributed by atoms with E-state index in [1.165, 1.54) is 49.0 Å². The molecule has 1 aromatic rings. The van der Waals surface area contributed by atoms with Crippen LogP contribution >= 0.6 is 11.3 Å². The van der Waals surface area contributed by atoms with Gasteiger partial charge in [-0.2, -0.15) is 0 Å². The molecule has 118 valence electrons. The second-order valence-electron chi connectivity index (χ2n) is 6.65. The number of hydrogen-bond donors (Lipinski definition) is 2. The standard InChI is InChI=1S/C17H28N2OS/c1-2-13-7-11-21-16(13)15(19-18)14-6-10-20-17(12-14)8-4-3-5-9-17/h7,11,14-15,19H,2-6,8-10,12,18H2,1H3. The van der Waals surface area contributed by atoms with Crippen LogP contribution < -0.4 is 11.3 Å². The first-order valence-corrected chi connectivity index (χ1v) is 9.32. The van der Waals surface area contributed by atoms with Crippen LogP contribution in [0.1, 0.15) is 68.4 Å². The molecule has 21 heavy (non-hydrogen) atoms. The number of hydrazine groups is 1. The van der Waals surface area contributed by atoms with E-state index in [4.69, 9.17) is 10.6 Å². The minimum atomic E-state index is 0.153. The van der Waals surface area contributed by atoms with Gasteiger partial charge in [-0.3, -0.25) is 11.3 Å². The summed E-state index contributed by atoms with van der Waals surface area (Å²) in [4.78, 5) is 1.44. The fourth-order valence-corrected chi connectivity index (χ4v) is 5.38. The van der Waals surface area contributed by atoms with Crippen LogP contribution in [0.4, 0.5) is 0 Å². The van der Waals surface area contributed by atoms with Crippen molar-refractivity contribution < 1.29 is 4.74 Å². The van der Waals surface area contributed by atoms with Crippen LogP contribution in [0.25, 0.3) is 0 Å². The fraction of sp³-hybridized carbons (Fsp3) is 0.765. The Morgan fingerprint density at radius 3 is 2.95 bits per heavy atom. The number of nitrogens with one attached hydrogen (secondary N) is 1. The first-order chi connectivity index (χ1) is 10.3. The summed E-state index contributed by atoms with van der Waals surface area (Å²) in [5.74, 6) is 6.55. The Balaban J connectivity index is 1.77. The third kappa shape index (κ3) is 3.19. The van der Waals surface area contributed by atoms with Crippen molar-refractivity contribution in [3.05, 3.63) is 21.9 Å². The van der Waals surface area contributed by atoms with Gasteiger partial charge in [-0.25, -0.2) is 0 Å². The van der Waals surface area contributed by atoms with E-state index in [2.05, 4.69) is 23.8 Å². The molecule has 3 nitrogen and oxygen atoms in total. The lowest BCUT2D eigenvalue weighted by molar-refractivity contribution is -0.122. The fourth-order valence-electron chi connectivity index (χ4n) is 4.23. The molecule has 1 saturated carbocycles. The van der Waals surface area contributed by atoms with Gasteiger partial charge in [0.05, 0.1) is 11.6 Å². The van der Waals surface area contributed by atoms with Crippen molar-refractivity contribution in [3.63, 3.8) is 0 Å². The normalized spacial score (nSPS) is 26.9. The minimum Gasteiger partial charge on any atom is -0.375 e. The van der Waals surface area contributed by atoms with E-state index in [0.717, 1.165) is 19.4 Å². The molecule has 0 radical (unpaired) electrons. The lowest BCUT2D eigenvalue weighted by atomic mass is 9.73. The van der Waals surface area contributed by atoms with E-state index in [1.54, 1.807) is 0 Å². The van der Waals surface area contributed by atoms with Crippen molar-refractivity contribution in [2.24, 2.45) is 11.8 Å². The smallest absolute Gasteiger partial charge is 0.0686 e. The second-order valence-corrected chi connectivity index (χ2v) is 7.60. The van der Waals surface area contributed by atoms with E-state index >= 15 is 0 Å². The molecule has 1 saturated heterocycles. The lowest BCUT2D eigenvalue weighted by Gasteiger charge is -2.45. The maximum Gasteiger partial charge on any atom is 0.0686 e. The topological polar surface area (TPSA) is 47.3 Å². The molecule has 0 amide bonds. The van der Waals surface area contributed by atoms with Gasteiger partial charge < -0.3 is 4.74 Å². The number of rotatable bonds is 4. The van der Waals surface area contributed by atoms with Gasteiger partial charge in [0.25, 0.3) is 0 Å². The lowest BCUT2D eigenvalue weighted by Crippen LogP contribution is -2.45. The van der Waals surface area contributed by atoms with E-state index in [-0.39, 0.29) is 5.60 Å². The predicted octanol–water partition coefficient (Wildman–Crippen LogP) is 3.94. The van der Waals surface area contributed by atoms with Crippen LogP contribution in [-0.4, -0.2) is 12.2 Å². The number of hydrogen-bond acceptors (Lipinski definition) is 4. The first-order valence-electron chi connectivity index (χ1n) is 8.44. The van der Waals surface area contributed by atoms with E-state index in [1.807, 2.05) is 11.3 Å². The Morgan fingerprint density at radius 1 is 1.43 bits per heavy atom. The van der Waals surface area contributed by atoms with Gasteiger partial charge in [-0.15, -0.1) is 11.3 Å². The maximum atomic E-state index is 6.24. The number of thiophene rings is 1. The summed E-state index contributed by atoms with van der Waals surface area (Å²) in [6.07, 6.45) is 9.89. The molecule has 4 heteroatoms. The molecule has 3 N–H and O–H groups in total. The monoisotopic (exact) mass is 308 g/mol. The molecule has 0 aromatic carbocycles.